The molecule has 0 aliphatic heterocycles. The summed E-state index contributed by atoms with van der Waals surface area (Å²) in [5.74, 6) is -0.204. The third kappa shape index (κ3) is 3.90. The summed E-state index contributed by atoms with van der Waals surface area (Å²) in [6.45, 7) is 0. The molecule has 0 aliphatic carbocycles. The van der Waals surface area contributed by atoms with Crippen LogP contribution in [-0.2, 0) is 10.0 Å². The molecular formula is C19H20N4O4S. The van der Waals surface area contributed by atoms with Crippen LogP contribution in [0.2, 0.25) is 0 Å². The molecule has 3 aromatic rings. The van der Waals surface area contributed by atoms with Crippen molar-refractivity contribution in [2.45, 2.75) is 4.90 Å². The Kier molecular flexibility index (Phi) is 5.48. The van der Waals surface area contributed by atoms with E-state index in [1.165, 1.54) is 33.3 Å². The number of aromatic nitrogens is 2. The Morgan fingerprint density at radius 2 is 1.82 bits per heavy atom. The van der Waals surface area contributed by atoms with Gasteiger partial charge in [0.05, 0.1) is 23.9 Å². The van der Waals surface area contributed by atoms with Crippen molar-refractivity contribution < 1.29 is 17.9 Å². The zero-order valence-electron chi connectivity index (χ0n) is 15.7. The predicted octanol–water partition coefficient (Wildman–Crippen LogP) is 2.38. The number of anilines is 1. The average Bonchev–Trinajstić information content (AvgIpc) is 3.13. The fraction of sp³-hybridized carbons (Fsp3) is 0.158. The maximum atomic E-state index is 12.7. The van der Waals surface area contributed by atoms with Gasteiger partial charge in [-0.2, -0.15) is 5.10 Å². The highest BCUT2D eigenvalue weighted by atomic mass is 32.2. The van der Waals surface area contributed by atoms with Gasteiger partial charge < -0.3 is 10.1 Å². The molecule has 8 nitrogen and oxygen atoms in total. The minimum Gasteiger partial charge on any atom is -0.493 e. The molecule has 0 bridgehead atoms. The molecule has 0 spiro atoms. The Hall–Kier alpha value is -3.17. The molecule has 0 radical (unpaired) electrons. The van der Waals surface area contributed by atoms with Gasteiger partial charge in [0.25, 0.3) is 5.91 Å². The molecule has 0 fully saturated rings. The third-order valence-corrected chi connectivity index (χ3v) is 5.82. The van der Waals surface area contributed by atoms with Gasteiger partial charge in [-0.3, -0.25) is 4.79 Å². The van der Waals surface area contributed by atoms with Gasteiger partial charge in [0.1, 0.15) is 0 Å². The molecular weight excluding hydrogens is 380 g/mol. The topological polar surface area (TPSA) is 93.5 Å². The van der Waals surface area contributed by atoms with Gasteiger partial charge in [0.2, 0.25) is 10.0 Å². The van der Waals surface area contributed by atoms with Gasteiger partial charge in [-0.1, -0.05) is 24.3 Å². The fourth-order valence-electron chi connectivity index (χ4n) is 2.51. The van der Waals surface area contributed by atoms with Crippen molar-refractivity contribution >= 4 is 21.6 Å². The molecule has 9 heteroatoms. The maximum Gasteiger partial charge on any atom is 0.280 e. The zero-order valence-corrected chi connectivity index (χ0v) is 16.5. The molecule has 3 rings (SSSR count). The highest BCUT2D eigenvalue weighted by molar-refractivity contribution is 7.89. The smallest absolute Gasteiger partial charge is 0.280 e. The second kappa shape index (κ2) is 7.83. The largest absolute Gasteiger partial charge is 0.493 e. The van der Waals surface area contributed by atoms with Gasteiger partial charge in [-0.25, -0.2) is 17.4 Å². The fourth-order valence-corrected chi connectivity index (χ4v) is 3.46. The quantitative estimate of drug-likeness (QED) is 0.686. The third-order valence-electron chi connectivity index (χ3n) is 4.01. The Bertz CT molecular complexity index is 1090. The Morgan fingerprint density at radius 1 is 1.11 bits per heavy atom. The first-order chi connectivity index (χ1) is 13.3. The number of sulfonamides is 1. The van der Waals surface area contributed by atoms with Crippen LogP contribution < -0.4 is 10.1 Å². The zero-order chi connectivity index (χ0) is 20.3. The number of para-hydroxylation sites is 1. The van der Waals surface area contributed by atoms with Crippen LogP contribution in [0.5, 0.6) is 5.75 Å². The van der Waals surface area contributed by atoms with Crippen molar-refractivity contribution in [2.75, 3.05) is 26.5 Å². The first kappa shape index (κ1) is 19.6. The van der Waals surface area contributed by atoms with Crippen LogP contribution >= 0.6 is 0 Å². The molecule has 0 unspecified atom stereocenters. The second-order valence-electron chi connectivity index (χ2n) is 6.10. The molecule has 0 aliphatic rings. The minimum absolute atomic E-state index is 0.0806. The number of hydrogen-bond donors (Lipinski definition) is 1. The van der Waals surface area contributed by atoms with Gasteiger partial charge in [-0.05, 0) is 30.3 Å². The number of nitrogens with zero attached hydrogens (tertiary/aromatic N) is 3. The molecule has 146 valence electrons. The summed E-state index contributed by atoms with van der Waals surface area (Å²) in [7, 11) is 0.737. The second-order valence-corrected chi connectivity index (χ2v) is 8.25. The van der Waals surface area contributed by atoms with Crippen LogP contribution in [0.1, 0.15) is 10.5 Å². The Labute approximate surface area is 163 Å². The highest BCUT2D eigenvalue weighted by Crippen LogP contribution is 2.22. The first-order valence-electron chi connectivity index (χ1n) is 8.36. The van der Waals surface area contributed by atoms with Crippen LogP contribution in [0.15, 0.2) is 65.7 Å². The number of carbonyl (C=O) groups excluding carboxylic acids is 1. The number of benzene rings is 2. The number of ether oxygens (including phenoxy) is 1. The molecule has 1 N–H and O–H groups in total. The molecule has 0 saturated heterocycles. The van der Waals surface area contributed by atoms with Crippen LogP contribution in [0.3, 0.4) is 0 Å². The summed E-state index contributed by atoms with van der Waals surface area (Å²) in [4.78, 5) is 12.8. The van der Waals surface area contributed by atoms with Crippen LogP contribution in [0, 0.1) is 0 Å². The van der Waals surface area contributed by atoms with Gasteiger partial charge in [-0.15, -0.1) is 0 Å². The van der Waals surface area contributed by atoms with Crippen molar-refractivity contribution in [1.82, 2.24) is 14.1 Å². The summed E-state index contributed by atoms with van der Waals surface area (Å²) in [5.41, 5.74) is 1.20. The van der Waals surface area contributed by atoms with Crippen LogP contribution in [0.25, 0.3) is 5.69 Å². The molecule has 2 aromatic carbocycles. The molecule has 0 atom stereocenters. The van der Waals surface area contributed by atoms with Crippen molar-refractivity contribution in [2.24, 2.45) is 0 Å². The molecule has 28 heavy (non-hydrogen) atoms. The molecule has 1 heterocycles. The van der Waals surface area contributed by atoms with Gasteiger partial charge in [0.15, 0.2) is 11.4 Å². The van der Waals surface area contributed by atoms with E-state index >= 15 is 0 Å². The summed E-state index contributed by atoms with van der Waals surface area (Å²) in [6, 6.07) is 15.3. The summed E-state index contributed by atoms with van der Waals surface area (Å²) in [5, 5.41) is 6.97. The number of methoxy groups -OCH3 is 1. The lowest BCUT2D eigenvalue weighted by atomic mass is 10.3. The van der Waals surface area contributed by atoms with E-state index in [9.17, 15) is 13.2 Å². The predicted molar refractivity (Wildman–Crippen MR) is 105 cm³/mol. The highest BCUT2D eigenvalue weighted by Gasteiger charge is 2.21. The number of rotatable bonds is 6. The Balaban J connectivity index is 1.89. The molecule has 1 aromatic heterocycles. The average molecular weight is 400 g/mol. The molecule has 1 amide bonds. The normalized spacial score (nSPS) is 11.4. The van der Waals surface area contributed by atoms with E-state index in [1.54, 1.807) is 23.0 Å². The monoisotopic (exact) mass is 400 g/mol. The lowest BCUT2D eigenvalue weighted by Gasteiger charge is -2.12. The van der Waals surface area contributed by atoms with E-state index < -0.39 is 15.9 Å². The van der Waals surface area contributed by atoms with Crippen molar-refractivity contribution in [3.8, 4) is 11.4 Å². The van der Waals surface area contributed by atoms with Gasteiger partial charge in [0, 0.05) is 19.8 Å². The standard InChI is InChI=1S/C19H20N4O4S/c1-22(2)28(25,26)16-11-7-8-14(12-16)20-19(24)18-17(27-3)13-23(21-18)15-9-5-4-6-10-15/h4-13H,1-3H3,(H,20,24). The number of carbonyl (C=O) groups is 1. The SMILES string of the molecule is COc1cn(-c2ccccc2)nc1C(=O)Nc1cccc(S(=O)(=O)N(C)C)c1. The number of nitrogens with one attached hydrogen (secondary N) is 1. The van der Waals surface area contributed by atoms with Gasteiger partial charge >= 0.3 is 0 Å². The van der Waals surface area contributed by atoms with Crippen LogP contribution in [-0.4, -0.2) is 49.6 Å². The van der Waals surface area contributed by atoms with E-state index in [2.05, 4.69) is 10.4 Å². The minimum atomic E-state index is -3.61. The summed E-state index contributed by atoms with van der Waals surface area (Å²) in [6.07, 6.45) is 1.61. The molecule has 0 saturated carbocycles. The summed E-state index contributed by atoms with van der Waals surface area (Å²) >= 11 is 0. The van der Waals surface area contributed by atoms with E-state index in [0.717, 1.165) is 9.99 Å². The first-order valence-corrected chi connectivity index (χ1v) is 9.80. The van der Waals surface area contributed by atoms with E-state index in [-0.39, 0.29) is 10.6 Å². The maximum absolute atomic E-state index is 12.7. The lowest BCUT2D eigenvalue weighted by Crippen LogP contribution is -2.22. The Morgan fingerprint density at radius 3 is 2.46 bits per heavy atom. The van der Waals surface area contributed by atoms with E-state index in [0.29, 0.717) is 11.4 Å². The van der Waals surface area contributed by atoms with Crippen molar-refractivity contribution in [3.63, 3.8) is 0 Å². The van der Waals surface area contributed by atoms with Crippen LogP contribution in [0.4, 0.5) is 5.69 Å². The number of amides is 1. The summed E-state index contributed by atoms with van der Waals surface area (Å²) < 4.78 is 32.5. The van der Waals surface area contributed by atoms with Crippen molar-refractivity contribution in [1.29, 1.82) is 0 Å². The van der Waals surface area contributed by atoms with Crippen molar-refractivity contribution in [3.05, 3.63) is 66.5 Å². The van der Waals surface area contributed by atoms with E-state index in [1.807, 2.05) is 30.3 Å². The lowest BCUT2D eigenvalue weighted by molar-refractivity contribution is 0.101. The van der Waals surface area contributed by atoms with E-state index in [4.69, 9.17) is 4.74 Å². The number of hydrogen-bond acceptors (Lipinski definition) is 5.